The second-order valence-electron chi connectivity index (χ2n) is 5.78. The second kappa shape index (κ2) is 6.16. The molecule has 0 atom stereocenters. The van der Waals surface area contributed by atoms with Crippen molar-refractivity contribution in [3.63, 3.8) is 0 Å². The number of rotatable bonds is 3. The highest BCUT2D eigenvalue weighted by Crippen LogP contribution is 2.13. The standard InChI is InChI=1S/C17H16N4O3/c1-11-4-6-12(7-5-11)19-15(22)10-21-16(23)13(9-18)14-3-2-8-20(14)17(21)24/h4-7H,2-3,8,10H2,1H3,(H,19,22). The molecule has 2 aromatic rings. The Bertz CT molecular complexity index is 962. The summed E-state index contributed by atoms with van der Waals surface area (Å²) >= 11 is 0. The second-order valence-corrected chi connectivity index (χ2v) is 5.78. The van der Waals surface area contributed by atoms with Crippen molar-refractivity contribution in [2.75, 3.05) is 5.32 Å². The third kappa shape index (κ3) is 2.74. The highest BCUT2D eigenvalue weighted by Gasteiger charge is 2.23. The van der Waals surface area contributed by atoms with Gasteiger partial charge in [0.1, 0.15) is 18.2 Å². The van der Waals surface area contributed by atoms with Crippen molar-refractivity contribution in [2.24, 2.45) is 0 Å². The maximum absolute atomic E-state index is 12.4. The fourth-order valence-electron chi connectivity index (χ4n) is 2.87. The van der Waals surface area contributed by atoms with Gasteiger partial charge in [0.05, 0.1) is 0 Å². The first-order valence-corrected chi connectivity index (χ1v) is 7.64. The van der Waals surface area contributed by atoms with Crippen LogP contribution in [-0.2, 0) is 24.3 Å². The third-order valence-electron chi connectivity index (χ3n) is 4.08. The number of amides is 1. The Hall–Kier alpha value is -3.14. The van der Waals surface area contributed by atoms with Crippen LogP contribution in [0.4, 0.5) is 5.69 Å². The van der Waals surface area contributed by atoms with Gasteiger partial charge in [0, 0.05) is 17.9 Å². The van der Waals surface area contributed by atoms with E-state index in [2.05, 4.69) is 5.32 Å². The molecule has 0 saturated carbocycles. The Morgan fingerprint density at radius 1 is 1.29 bits per heavy atom. The van der Waals surface area contributed by atoms with Gasteiger partial charge in [0.15, 0.2) is 0 Å². The van der Waals surface area contributed by atoms with Gasteiger partial charge in [-0.2, -0.15) is 5.26 Å². The Balaban J connectivity index is 1.92. The molecule has 3 rings (SSSR count). The van der Waals surface area contributed by atoms with Crippen LogP contribution in [0.3, 0.4) is 0 Å². The molecule has 24 heavy (non-hydrogen) atoms. The molecular weight excluding hydrogens is 308 g/mol. The normalized spacial score (nSPS) is 12.5. The van der Waals surface area contributed by atoms with Crippen LogP contribution >= 0.6 is 0 Å². The lowest BCUT2D eigenvalue weighted by atomic mass is 10.2. The number of aryl methyl sites for hydroxylation is 1. The minimum atomic E-state index is -0.699. The zero-order valence-electron chi connectivity index (χ0n) is 13.2. The van der Waals surface area contributed by atoms with Crippen LogP contribution in [0.25, 0.3) is 0 Å². The molecule has 1 aromatic heterocycles. The van der Waals surface area contributed by atoms with E-state index in [1.54, 1.807) is 12.1 Å². The number of nitrogens with one attached hydrogen (secondary N) is 1. The lowest BCUT2D eigenvalue weighted by molar-refractivity contribution is -0.116. The molecule has 0 radical (unpaired) electrons. The van der Waals surface area contributed by atoms with Gasteiger partial charge in [0.2, 0.25) is 5.91 Å². The van der Waals surface area contributed by atoms with E-state index in [0.717, 1.165) is 10.1 Å². The molecule has 0 bridgehead atoms. The number of benzene rings is 1. The quantitative estimate of drug-likeness (QED) is 0.902. The maximum atomic E-state index is 12.4. The van der Waals surface area contributed by atoms with Gasteiger partial charge in [0.25, 0.3) is 5.56 Å². The number of fused-ring (bicyclic) bond motifs is 1. The predicted molar refractivity (Wildman–Crippen MR) is 87.8 cm³/mol. The number of hydrogen-bond acceptors (Lipinski definition) is 4. The summed E-state index contributed by atoms with van der Waals surface area (Å²) in [6.07, 6.45) is 1.24. The van der Waals surface area contributed by atoms with E-state index in [1.807, 2.05) is 25.1 Å². The number of nitrogens with zero attached hydrogens (tertiary/aromatic N) is 3. The first-order chi connectivity index (χ1) is 11.5. The first-order valence-electron chi connectivity index (χ1n) is 7.64. The minimum Gasteiger partial charge on any atom is -0.325 e. The fraction of sp³-hybridized carbons (Fsp3) is 0.294. The SMILES string of the molecule is Cc1ccc(NC(=O)Cn2c(=O)c(C#N)c3n(c2=O)CCC3)cc1. The lowest BCUT2D eigenvalue weighted by Gasteiger charge is -2.11. The molecule has 2 heterocycles. The van der Waals surface area contributed by atoms with E-state index in [1.165, 1.54) is 4.57 Å². The summed E-state index contributed by atoms with van der Waals surface area (Å²) in [4.78, 5) is 36.9. The lowest BCUT2D eigenvalue weighted by Crippen LogP contribution is -2.44. The summed E-state index contributed by atoms with van der Waals surface area (Å²) in [5, 5.41) is 11.9. The molecule has 1 aliphatic rings. The average Bonchev–Trinajstić information content (AvgIpc) is 3.04. The van der Waals surface area contributed by atoms with Gasteiger partial charge in [-0.25, -0.2) is 9.36 Å². The van der Waals surface area contributed by atoms with E-state index < -0.39 is 23.7 Å². The Morgan fingerprint density at radius 2 is 2.00 bits per heavy atom. The largest absolute Gasteiger partial charge is 0.331 e. The molecular formula is C17H16N4O3. The molecule has 1 aromatic carbocycles. The molecule has 7 nitrogen and oxygen atoms in total. The highest BCUT2D eigenvalue weighted by atomic mass is 16.2. The third-order valence-corrected chi connectivity index (χ3v) is 4.08. The van der Waals surface area contributed by atoms with Gasteiger partial charge in [-0.15, -0.1) is 0 Å². The number of hydrogen-bond donors (Lipinski definition) is 1. The molecule has 0 spiro atoms. The Labute approximate surface area is 137 Å². The Kier molecular flexibility index (Phi) is 4.04. The number of carbonyl (C=O) groups is 1. The minimum absolute atomic E-state index is 0.0461. The number of aromatic nitrogens is 2. The van der Waals surface area contributed by atoms with Crippen LogP contribution < -0.4 is 16.6 Å². The van der Waals surface area contributed by atoms with E-state index in [9.17, 15) is 19.6 Å². The fourth-order valence-corrected chi connectivity index (χ4v) is 2.87. The number of carbonyl (C=O) groups excluding carboxylic acids is 1. The zero-order valence-corrected chi connectivity index (χ0v) is 13.2. The van der Waals surface area contributed by atoms with Gasteiger partial charge < -0.3 is 5.32 Å². The monoisotopic (exact) mass is 324 g/mol. The molecule has 7 heteroatoms. The van der Waals surface area contributed by atoms with Crippen LogP contribution in [0.2, 0.25) is 0 Å². The van der Waals surface area contributed by atoms with Crippen LogP contribution in [-0.4, -0.2) is 15.0 Å². The van der Waals surface area contributed by atoms with Gasteiger partial charge in [-0.05, 0) is 31.9 Å². The summed E-state index contributed by atoms with van der Waals surface area (Å²) < 4.78 is 2.25. The summed E-state index contributed by atoms with van der Waals surface area (Å²) in [7, 11) is 0. The molecule has 1 N–H and O–H groups in total. The van der Waals surface area contributed by atoms with Crippen molar-refractivity contribution in [3.05, 3.63) is 61.9 Å². The smallest absolute Gasteiger partial charge is 0.325 e. The van der Waals surface area contributed by atoms with E-state index in [-0.39, 0.29) is 5.56 Å². The molecule has 0 unspecified atom stereocenters. The van der Waals surface area contributed by atoms with Gasteiger partial charge >= 0.3 is 5.69 Å². The molecule has 0 fully saturated rings. The maximum Gasteiger partial charge on any atom is 0.331 e. The van der Waals surface area contributed by atoms with E-state index >= 15 is 0 Å². The summed E-state index contributed by atoms with van der Waals surface area (Å²) in [5.41, 5.74) is 0.832. The summed E-state index contributed by atoms with van der Waals surface area (Å²) in [5.74, 6) is -0.486. The van der Waals surface area contributed by atoms with Crippen molar-refractivity contribution < 1.29 is 4.79 Å². The summed E-state index contributed by atoms with van der Waals surface area (Å²) in [6.45, 7) is 1.98. The van der Waals surface area contributed by atoms with E-state index in [0.29, 0.717) is 30.8 Å². The van der Waals surface area contributed by atoms with Crippen LogP contribution in [0.5, 0.6) is 0 Å². The predicted octanol–water partition coefficient (Wildman–Crippen LogP) is 0.775. The molecule has 0 aliphatic carbocycles. The van der Waals surface area contributed by atoms with Gasteiger partial charge in [-0.1, -0.05) is 17.7 Å². The Morgan fingerprint density at radius 3 is 2.67 bits per heavy atom. The number of anilines is 1. The van der Waals surface area contributed by atoms with Crippen molar-refractivity contribution in [1.29, 1.82) is 5.26 Å². The van der Waals surface area contributed by atoms with Crippen LogP contribution in [0.15, 0.2) is 33.9 Å². The van der Waals surface area contributed by atoms with Crippen molar-refractivity contribution in [1.82, 2.24) is 9.13 Å². The van der Waals surface area contributed by atoms with Crippen molar-refractivity contribution in [2.45, 2.75) is 32.9 Å². The van der Waals surface area contributed by atoms with Gasteiger partial charge in [-0.3, -0.25) is 14.2 Å². The van der Waals surface area contributed by atoms with E-state index in [4.69, 9.17) is 0 Å². The van der Waals surface area contributed by atoms with Crippen LogP contribution in [0, 0.1) is 18.3 Å². The molecule has 122 valence electrons. The number of nitriles is 1. The average molecular weight is 324 g/mol. The molecule has 1 aliphatic heterocycles. The highest BCUT2D eigenvalue weighted by molar-refractivity contribution is 5.90. The summed E-state index contributed by atoms with van der Waals surface area (Å²) in [6, 6.07) is 9.05. The first kappa shape index (κ1) is 15.7. The van der Waals surface area contributed by atoms with Crippen molar-refractivity contribution in [3.8, 4) is 6.07 Å². The van der Waals surface area contributed by atoms with Crippen LogP contribution in [0.1, 0.15) is 23.2 Å². The molecule has 1 amide bonds. The van der Waals surface area contributed by atoms with Crippen molar-refractivity contribution >= 4 is 11.6 Å². The topological polar surface area (TPSA) is 96.9 Å². The molecule has 0 saturated heterocycles. The zero-order chi connectivity index (χ0) is 17.3.